The van der Waals surface area contributed by atoms with Crippen LogP contribution in [-0.2, 0) is 11.3 Å². The van der Waals surface area contributed by atoms with Gasteiger partial charge in [0.25, 0.3) is 0 Å². The molecule has 0 saturated carbocycles. The minimum Gasteiger partial charge on any atom is -0.493 e. The summed E-state index contributed by atoms with van der Waals surface area (Å²) >= 11 is 12.1. The number of aliphatic hydroxyl groups is 1. The monoisotopic (exact) mass is 499 g/mol. The molecule has 3 rings (SSSR count). The molecule has 2 aromatic rings. The van der Waals surface area contributed by atoms with Gasteiger partial charge >= 0.3 is 0 Å². The summed E-state index contributed by atoms with van der Waals surface area (Å²) in [5, 5.41) is 11.7. The van der Waals surface area contributed by atoms with E-state index in [1.807, 2.05) is 12.1 Å². The van der Waals surface area contributed by atoms with Crippen LogP contribution < -0.4 is 18.9 Å². The highest BCUT2D eigenvalue weighted by Gasteiger charge is 2.23. The van der Waals surface area contributed by atoms with Crippen LogP contribution in [0.3, 0.4) is 0 Å². The Labute approximate surface area is 205 Å². The van der Waals surface area contributed by atoms with E-state index in [0.717, 1.165) is 25.0 Å². The second kappa shape index (κ2) is 12.5. The largest absolute Gasteiger partial charge is 0.493 e. The van der Waals surface area contributed by atoms with Crippen molar-refractivity contribution < 1.29 is 28.8 Å². The van der Waals surface area contributed by atoms with Crippen molar-refractivity contribution in [3.05, 3.63) is 45.9 Å². The van der Waals surface area contributed by atoms with Gasteiger partial charge in [-0.25, -0.2) is 0 Å². The molecule has 0 bridgehead atoms. The molecule has 2 atom stereocenters. The number of rotatable bonds is 12. The molecule has 7 nitrogen and oxygen atoms in total. The molecule has 0 aromatic heterocycles. The number of aliphatic hydroxyl groups excluding tert-OH is 1. The lowest BCUT2D eigenvalue weighted by molar-refractivity contribution is 0.0313. The van der Waals surface area contributed by atoms with E-state index in [4.69, 9.17) is 46.9 Å². The van der Waals surface area contributed by atoms with E-state index in [-0.39, 0.29) is 12.7 Å². The van der Waals surface area contributed by atoms with E-state index in [1.165, 1.54) is 0 Å². The molecule has 2 unspecified atom stereocenters. The highest BCUT2D eigenvalue weighted by atomic mass is 35.5. The topological polar surface area (TPSA) is 69.6 Å². The van der Waals surface area contributed by atoms with Crippen molar-refractivity contribution >= 4 is 23.2 Å². The van der Waals surface area contributed by atoms with Gasteiger partial charge in [0.15, 0.2) is 11.5 Å². The average molecular weight is 500 g/mol. The van der Waals surface area contributed by atoms with E-state index >= 15 is 0 Å². The van der Waals surface area contributed by atoms with Crippen LogP contribution in [0, 0.1) is 0 Å². The van der Waals surface area contributed by atoms with Crippen LogP contribution in [0.4, 0.5) is 0 Å². The van der Waals surface area contributed by atoms with Gasteiger partial charge in [0, 0.05) is 31.3 Å². The fraction of sp³-hybridized carbons (Fsp3) is 0.500. The highest BCUT2D eigenvalue weighted by molar-refractivity contribution is 6.35. The summed E-state index contributed by atoms with van der Waals surface area (Å²) in [4.78, 5) is 2.15. The quantitative estimate of drug-likeness (QED) is 0.462. The van der Waals surface area contributed by atoms with Crippen LogP contribution in [0.25, 0.3) is 0 Å². The maximum Gasteiger partial charge on any atom is 0.203 e. The number of halogens is 2. The maximum atomic E-state index is 10.7. The summed E-state index contributed by atoms with van der Waals surface area (Å²) in [6.45, 7) is 2.51. The third-order valence-electron chi connectivity index (χ3n) is 5.41. The molecule has 182 valence electrons. The van der Waals surface area contributed by atoms with Crippen LogP contribution >= 0.6 is 23.2 Å². The molecule has 9 heteroatoms. The van der Waals surface area contributed by atoms with Gasteiger partial charge in [-0.15, -0.1) is 0 Å². The Morgan fingerprint density at radius 3 is 2.36 bits per heavy atom. The molecule has 33 heavy (non-hydrogen) atoms. The molecule has 1 saturated heterocycles. The Hall–Kier alpha value is -1.90. The van der Waals surface area contributed by atoms with Gasteiger partial charge in [-0.1, -0.05) is 23.2 Å². The smallest absolute Gasteiger partial charge is 0.203 e. The first-order valence-corrected chi connectivity index (χ1v) is 11.6. The molecule has 1 fully saturated rings. The summed E-state index contributed by atoms with van der Waals surface area (Å²) in [6.07, 6.45) is 1.44. The summed E-state index contributed by atoms with van der Waals surface area (Å²) in [5.74, 6) is 2.20. The van der Waals surface area contributed by atoms with Gasteiger partial charge in [-0.3, -0.25) is 4.90 Å². The first kappa shape index (κ1) is 25.7. The lowest BCUT2D eigenvalue weighted by Crippen LogP contribution is -2.39. The van der Waals surface area contributed by atoms with E-state index in [2.05, 4.69) is 4.90 Å². The van der Waals surface area contributed by atoms with Crippen LogP contribution in [0.2, 0.25) is 10.0 Å². The minimum absolute atomic E-state index is 0.0959. The van der Waals surface area contributed by atoms with Gasteiger partial charge in [-0.05, 0) is 48.7 Å². The Balaban J connectivity index is 1.70. The zero-order valence-electron chi connectivity index (χ0n) is 19.2. The molecule has 0 aliphatic carbocycles. The zero-order chi connectivity index (χ0) is 23.8. The second-order valence-electron chi connectivity index (χ2n) is 7.90. The average Bonchev–Trinajstić information content (AvgIpc) is 3.30. The normalized spacial score (nSPS) is 16.6. The lowest BCUT2D eigenvalue weighted by Gasteiger charge is -2.28. The van der Waals surface area contributed by atoms with Crippen molar-refractivity contribution in [2.45, 2.75) is 31.6 Å². The number of hydrogen-bond donors (Lipinski definition) is 1. The second-order valence-corrected chi connectivity index (χ2v) is 8.75. The molecule has 1 N–H and O–H groups in total. The van der Waals surface area contributed by atoms with Crippen LogP contribution in [0.1, 0.15) is 18.4 Å². The Kier molecular flexibility index (Phi) is 9.77. The van der Waals surface area contributed by atoms with Crippen LogP contribution in [0.15, 0.2) is 30.3 Å². The van der Waals surface area contributed by atoms with Crippen LogP contribution in [0.5, 0.6) is 23.0 Å². The van der Waals surface area contributed by atoms with Crippen molar-refractivity contribution in [3.8, 4) is 23.0 Å². The molecule has 1 aliphatic heterocycles. The molecule has 2 aromatic carbocycles. The SMILES string of the molecule is COc1cc(CN(CC(O)COc2ccc(Cl)cc2Cl)CC2CCCO2)cc(OC)c1OC. The number of hydrogen-bond acceptors (Lipinski definition) is 7. The fourth-order valence-corrected chi connectivity index (χ4v) is 4.36. The third-order valence-corrected chi connectivity index (χ3v) is 5.94. The molecular weight excluding hydrogens is 469 g/mol. The molecule has 0 spiro atoms. The third kappa shape index (κ3) is 7.29. The fourth-order valence-electron chi connectivity index (χ4n) is 3.89. The van der Waals surface area contributed by atoms with Crippen molar-refractivity contribution in [1.29, 1.82) is 0 Å². The van der Waals surface area contributed by atoms with Crippen LogP contribution in [-0.4, -0.2) is 69.8 Å². The number of benzene rings is 2. The van der Waals surface area contributed by atoms with Crippen molar-refractivity contribution in [1.82, 2.24) is 4.90 Å². The maximum absolute atomic E-state index is 10.7. The molecular formula is C24H31Cl2NO6. The van der Waals surface area contributed by atoms with Gasteiger partial charge < -0.3 is 28.8 Å². The number of ether oxygens (including phenoxy) is 5. The van der Waals surface area contributed by atoms with Crippen molar-refractivity contribution in [2.75, 3.05) is 47.6 Å². The zero-order valence-corrected chi connectivity index (χ0v) is 20.7. The van der Waals surface area contributed by atoms with Gasteiger partial charge in [-0.2, -0.15) is 0 Å². The van der Waals surface area contributed by atoms with Crippen molar-refractivity contribution in [2.24, 2.45) is 0 Å². The molecule has 0 radical (unpaired) electrons. The molecule has 1 aliphatic rings. The van der Waals surface area contributed by atoms with E-state index in [0.29, 0.717) is 52.7 Å². The summed E-state index contributed by atoms with van der Waals surface area (Å²) in [6, 6.07) is 8.83. The van der Waals surface area contributed by atoms with E-state index in [1.54, 1.807) is 39.5 Å². The minimum atomic E-state index is -0.736. The van der Waals surface area contributed by atoms with Crippen molar-refractivity contribution in [3.63, 3.8) is 0 Å². The predicted octanol–water partition coefficient (Wildman–Crippen LogP) is 4.44. The van der Waals surface area contributed by atoms with Gasteiger partial charge in [0.05, 0.1) is 32.5 Å². The van der Waals surface area contributed by atoms with E-state index < -0.39 is 6.10 Å². The number of methoxy groups -OCH3 is 3. The summed E-state index contributed by atoms with van der Waals surface area (Å²) in [5.41, 5.74) is 0.969. The standard InChI is InChI=1S/C24H31Cl2NO6/c1-29-22-9-16(10-23(30-2)24(22)31-3)12-27(14-19-5-4-8-32-19)13-18(28)15-33-21-7-6-17(25)11-20(21)26/h6-7,9-11,18-19,28H,4-5,8,12-15H2,1-3H3. The highest BCUT2D eigenvalue weighted by Crippen LogP contribution is 2.38. The molecule has 1 heterocycles. The molecule has 0 amide bonds. The number of nitrogens with zero attached hydrogens (tertiary/aromatic N) is 1. The predicted molar refractivity (Wildman–Crippen MR) is 128 cm³/mol. The lowest BCUT2D eigenvalue weighted by atomic mass is 10.1. The van der Waals surface area contributed by atoms with E-state index in [9.17, 15) is 5.11 Å². The Morgan fingerprint density at radius 1 is 1.06 bits per heavy atom. The summed E-state index contributed by atoms with van der Waals surface area (Å²) < 4.78 is 27.9. The first-order chi connectivity index (χ1) is 15.9. The Morgan fingerprint density at radius 2 is 1.79 bits per heavy atom. The Bertz CT molecular complexity index is 882. The summed E-state index contributed by atoms with van der Waals surface area (Å²) in [7, 11) is 4.76. The van der Waals surface area contributed by atoms with Gasteiger partial charge in [0.1, 0.15) is 18.5 Å². The van der Waals surface area contributed by atoms with Gasteiger partial charge in [0.2, 0.25) is 5.75 Å². The first-order valence-electron chi connectivity index (χ1n) is 10.8.